The lowest BCUT2D eigenvalue weighted by atomic mass is 10.2. The molecule has 0 aliphatic carbocycles. The number of hydrogen-bond acceptors (Lipinski definition) is 4. The number of hydrogen-bond donors (Lipinski definition) is 0. The Morgan fingerprint density at radius 2 is 1.58 bits per heavy atom. The Bertz CT molecular complexity index is 553. The van der Waals surface area contributed by atoms with Crippen LogP contribution >= 0.6 is 23.2 Å². The molecule has 0 saturated heterocycles. The van der Waals surface area contributed by atoms with Crippen molar-refractivity contribution in [2.24, 2.45) is 0 Å². The number of rotatable bonds is 4. The summed E-state index contributed by atoms with van der Waals surface area (Å²) in [5, 5.41) is 0.870. The molecule has 6 heteroatoms. The van der Waals surface area contributed by atoms with Gasteiger partial charge in [-0.1, -0.05) is 11.6 Å². The van der Waals surface area contributed by atoms with Gasteiger partial charge in [-0.2, -0.15) is 15.0 Å². The van der Waals surface area contributed by atoms with Gasteiger partial charge in [-0.25, -0.2) is 0 Å². The maximum Gasteiger partial charge on any atom is 0.230 e. The van der Waals surface area contributed by atoms with Crippen molar-refractivity contribution in [3.8, 4) is 11.4 Å². The summed E-state index contributed by atoms with van der Waals surface area (Å²) in [4.78, 5) is 14.8. The molecule has 19 heavy (non-hydrogen) atoms. The molecule has 0 fully saturated rings. The van der Waals surface area contributed by atoms with Gasteiger partial charge < -0.3 is 4.90 Å². The van der Waals surface area contributed by atoms with E-state index in [1.807, 2.05) is 30.9 Å². The minimum Gasteiger partial charge on any atom is -0.341 e. The second kappa shape index (κ2) is 6.17. The quantitative estimate of drug-likeness (QED) is 0.863. The first kappa shape index (κ1) is 14.0. The molecular weight excluding hydrogens is 283 g/mol. The molecule has 4 nitrogen and oxygen atoms in total. The fraction of sp³-hybridized carbons (Fsp3) is 0.308. The fourth-order valence-electron chi connectivity index (χ4n) is 1.72. The minimum absolute atomic E-state index is 0.196. The molecule has 0 aliphatic heterocycles. The second-order valence-electron chi connectivity index (χ2n) is 3.91. The molecule has 0 radical (unpaired) electrons. The Balaban J connectivity index is 2.44. The Hall–Kier alpha value is -1.39. The van der Waals surface area contributed by atoms with Crippen molar-refractivity contribution in [1.29, 1.82) is 0 Å². The number of nitrogens with zero attached hydrogens (tertiary/aromatic N) is 4. The third kappa shape index (κ3) is 3.33. The van der Waals surface area contributed by atoms with E-state index in [4.69, 9.17) is 23.2 Å². The van der Waals surface area contributed by atoms with Crippen LogP contribution in [0.1, 0.15) is 13.8 Å². The predicted octanol–water partition coefficient (Wildman–Crippen LogP) is 3.69. The summed E-state index contributed by atoms with van der Waals surface area (Å²) < 4.78 is 0. The number of halogens is 2. The lowest BCUT2D eigenvalue weighted by molar-refractivity contribution is 0.813. The van der Waals surface area contributed by atoms with Gasteiger partial charge in [0.2, 0.25) is 11.2 Å². The van der Waals surface area contributed by atoms with Crippen LogP contribution in [0.2, 0.25) is 10.3 Å². The molecule has 0 saturated carbocycles. The number of anilines is 1. The summed E-state index contributed by atoms with van der Waals surface area (Å²) in [5.74, 6) is 1.15. The predicted molar refractivity (Wildman–Crippen MR) is 78.8 cm³/mol. The first-order valence-electron chi connectivity index (χ1n) is 6.06. The van der Waals surface area contributed by atoms with Crippen LogP contribution in [0.4, 0.5) is 5.95 Å². The third-order valence-electron chi connectivity index (χ3n) is 2.75. The molecule has 0 N–H and O–H groups in total. The molecule has 100 valence electrons. The van der Waals surface area contributed by atoms with Crippen molar-refractivity contribution in [3.05, 3.63) is 34.6 Å². The van der Waals surface area contributed by atoms with E-state index < -0.39 is 0 Å². The van der Waals surface area contributed by atoms with Crippen molar-refractivity contribution >= 4 is 29.2 Å². The molecule has 2 rings (SSSR count). The Morgan fingerprint density at radius 1 is 0.947 bits per heavy atom. The molecule has 0 amide bonds. The van der Waals surface area contributed by atoms with E-state index in [-0.39, 0.29) is 5.28 Å². The maximum atomic E-state index is 5.97. The number of benzene rings is 1. The smallest absolute Gasteiger partial charge is 0.230 e. The highest BCUT2D eigenvalue weighted by Crippen LogP contribution is 2.21. The van der Waals surface area contributed by atoms with E-state index in [1.165, 1.54) is 0 Å². The molecule has 1 heterocycles. The van der Waals surface area contributed by atoms with E-state index in [0.717, 1.165) is 18.7 Å². The average molecular weight is 297 g/mol. The second-order valence-corrected chi connectivity index (χ2v) is 4.68. The van der Waals surface area contributed by atoms with Crippen LogP contribution in [-0.4, -0.2) is 28.0 Å². The monoisotopic (exact) mass is 296 g/mol. The van der Waals surface area contributed by atoms with Crippen molar-refractivity contribution in [2.75, 3.05) is 18.0 Å². The summed E-state index contributed by atoms with van der Waals surface area (Å²) in [6, 6.07) is 7.32. The maximum absolute atomic E-state index is 5.97. The summed E-state index contributed by atoms with van der Waals surface area (Å²) in [7, 11) is 0. The van der Waals surface area contributed by atoms with E-state index in [1.54, 1.807) is 12.1 Å². The Kier molecular flexibility index (Phi) is 4.56. The lowest BCUT2D eigenvalue weighted by Crippen LogP contribution is -2.24. The number of aromatic nitrogens is 3. The summed E-state index contributed by atoms with van der Waals surface area (Å²) in [5.41, 5.74) is 0.863. The van der Waals surface area contributed by atoms with Gasteiger partial charge in [0.15, 0.2) is 5.82 Å². The van der Waals surface area contributed by atoms with E-state index in [0.29, 0.717) is 16.8 Å². The topological polar surface area (TPSA) is 41.9 Å². The molecule has 0 atom stereocenters. The zero-order valence-corrected chi connectivity index (χ0v) is 12.3. The zero-order chi connectivity index (χ0) is 13.8. The van der Waals surface area contributed by atoms with Gasteiger partial charge >= 0.3 is 0 Å². The molecule has 2 aromatic rings. The average Bonchev–Trinajstić information content (AvgIpc) is 2.40. The van der Waals surface area contributed by atoms with E-state index in [9.17, 15) is 0 Å². The zero-order valence-electron chi connectivity index (χ0n) is 10.8. The summed E-state index contributed by atoms with van der Waals surface area (Å²) in [6.45, 7) is 5.72. The first-order chi connectivity index (χ1) is 9.13. The third-order valence-corrected chi connectivity index (χ3v) is 3.17. The highest BCUT2D eigenvalue weighted by atomic mass is 35.5. The summed E-state index contributed by atoms with van der Waals surface area (Å²) >= 11 is 11.8. The van der Waals surface area contributed by atoms with Gasteiger partial charge in [0.1, 0.15) is 0 Å². The van der Waals surface area contributed by atoms with Gasteiger partial charge in [-0.3, -0.25) is 0 Å². The van der Waals surface area contributed by atoms with Gasteiger partial charge in [0.25, 0.3) is 0 Å². The van der Waals surface area contributed by atoms with Crippen molar-refractivity contribution in [1.82, 2.24) is 15.0 Å². The first-order valence-corrected chi connectivity index (χ1v) is 6.82. The Labute approximate surface area is 122 Å². The van der Waals surface area contributed by atoms with Crippen LogP contribution in [0.15, 0.2) is 24.3 Å². The van der Waals surface area contributed by atoms with Crippen molar-refractivity contribution in [2.45, 2.75) is 13.8 Å². The van der Waals surface area contributed by atoms with E-state index in [2.05, 4.69) is 15.0 Å². The van der Waals surface area contributed by atoms with Crippen LogP contribution in [0.3, 0.4) is 0 Å². The molecule has 0 spiro atoms. The van der Waals surface area contributed by atoms with Gasteiger partial charge in [-0.15, -0.1) is 0 Å². The van der Waals surface area contributed by atoms with Crippen LogP contribution in [0, 0.1) is 0 Å². The van der Waals surface area contributed by atoms with Crippen LogP contribution in [0.25, 0.3) is 11.4 Å². The molecule has 0 bridgehead atoms. The highest BCUT2D eigenvalue weighted by Gasteiger charge is 2.11. The molecule has 1 aromatic carbocycles. The van der Waals surface area contributed by atoms with Gasteiger partial charge in [0.05, 0.1) is 0 Å². The van der Waals surface area contributed by atoms with Gasteiger partial charge in [0, 0.05) is 23.7 Å². The van der Waals surface area contributed by atoms with Crippen molar-refractivity contribution < 1.29 is 0 Å². The summed E-state index contributed by atoms with van der Waals surface area (Å²) in [6.07, 6.45) is 0. The molecule has 1 aromatic heterocycles. The molecule has 0 aliphatic rings. The standard InChI is InChI=1S/C13H14Cl2N4/c1-3-19(4-2)13-17-11(16-12(15)18-13)9-5-7-10(14)8-6-9/h5-8H,3-4H2,1-2H3. The highest BCUT2D eigenvalue weighted by molar-refractivity contribution is 6.30. The normalized spacial score (nSPS) is 10.5. The Morgan fingerprint density at radius 3 is 2.16 bits per heavy atom. The van der Waals surface area contributed by atoms with Crippen LogP contribution < -0.4 is 4.90 Å². The van der Waals surface area contributed by atoms with Gasteiger partial charge in [-0.05, 0) is 49.7 Å². The molecule has 0 unspecified atom stereocenters. The lowest BCUT2D eigenvalue weighted by Gasteiger charge is -2.18. The van der Waals surface area contributed by atoms with E-state index >= 15 is 0 Å². The van der Waals surface area contributed by atoms with Crippen LogP contribution in [-0.2, 0) is 0 Å². The SMILES string of the molecule is CCN(CC)c1nc(Cl)nc(-c2ccc(Cl)cc2)n1. The van der Waals surface area contributed by atoms with Crippen molar-refractivity contribution in [3.63, 3.8) is 0 Å². The van der Waals surface area contributed by atoms with Crippen LogP contribution in [0.5, 0.6) is 0 Å². The molecular formula is C13H14Cl2N4. The largest absolute Gasteiger partial charge is 0.341 e. The minimum atomic E-state index is 0.196. The fourth-order valence-corrected chi connectivity index (χ4v) is 2.00.